The Labute approximate surface area is 273 Å². The number of H-pyrrole nitrogens is 1. The van der Waals surface area contributed by atoms with Gasteiger partial charge in [0.25, 0.3) is 0 Å². The lowest BCUT2D eigenvalue weighted by atomic mass is 9.86. The molecule has 0 radical (unpaired) electrons. The number of aromatic amines is 1. The molecule has 6 nitrogen and oxygen atoms in total. The molecule has 0 spiro atoms. The van der Waals surface area contributed by atoms with Gasteiger partial charge in [-0.3, -0.25) is 14.5 Å². The fourth-order valence-electron chi connectivity index (χ4n) is 6.63. The van der Waals surface area contributed by atoms with Gasteiger partial charge in [0.1, 0.15) is 4.75 Å². The Balaban J connectivity index is 1.41. The first kappa shape index (κ1) is 31.2. The predicted molar refractivity (Wildman–Crippen MR) is 179 cm³/mol. The second-order valence-electron chi connectivity index (χ2n) is 11.7. The summed E-state index contributed by atoms with van der Waals surface area (Å²) in [5.41, 5.74) is 2.77. The highest BCUT2D eigenvalue weighted by Crippen LogP contribution is 2.57. The molecule has 1 N–H and O–H groups in total. The normalized spacial score (nSPS) is 21.7. The van der Waals surface area contributed by atoms with Gasteiger partial charge in [0, 0.05) is 57.1 Å². The van der Waals surface area contributed by atoms with Gasteiger partial charge in [-0.05, 0) is 68.3 Å². The Bertz CT molecular complexity index is 1610. The molecular formula is C35H37Cl2N3O3S. The first-order valence-electron chi connectivity index (χ1n) is 15.3. The summed E-state index contributed by atoms with van der Waals surface area (Å²) in [5.74, 6) is 0.0756. The molecule has 0 aliphatic carbocycles. The maximum absolute atomic E-state index is 14.7. The third-order valence-corrected chi connectivity index (χ3v) is 10.9. The van der Waals surface area contributed by atoms with E-state index in [1.807, 2.05) is 90.8 Å². The molecule has 230 valence electrons. The lowest BCUT2D eigenvalue weighted by Crippen LogP contribution is -2.42. The Morgan fingerprint density at radius 3 is 2.50 bits per heavy atom. The molecule has 2 saturated heterocycles. The van der Waals surface area contributed by atoms with Crippen molar-refractivity contribution in [1.82, 2.24) is 14.8 Å². The summed E-state index contributed by atoms with van der Waals surface area (Å²) in [6, 6.07) is 22.6. The van der Waals surface area contributed by atoms with Crippen LogP contribution in [0.4, 0.5) is 0 Å². The largest absolute Gasteiger partial charge is 0.379 e. The van der Waals surface area contributed by atoms with Gasteiger partial charge in [-0.1, -0.05) is 59.6 Å². The second kappa shape index (κ2) is 13.7. The maximum Gasteiger partial charge on any atom is 0.225 e. The zero-order chi connectivity index (χ0) is 30.7. The number of fused-ring (bicyclic) bond motifs is 1. The van der Waals surface area contributed by atoms with E-state index < -0.39 is 10.8 Å². The summed E-state index contributed by atoms with van der Waals surface area (Å²) in [5, 5.41) is 2.22. The molecule has 0 saturated carbocycles. The quantitative estimate of drug-likeness (QED) is 0.166. The molecular weight excluding hydrogens is 613 g/mol. The van der Waals surface area contributed by atoms with Gasteiger partial charge < -0.3 is 14.6 Å². The van der Waals surface area contributed by atoms with Crippen molar-refractivity contribution in [3.8, 4) is 0 Å². The third-order valence-electron chi connectivity index (χ3n) is 8.91. The van der Waals surface area contributed by atoms with Gasteiger partial charge >= 0.3 is 0 Å². The highest BCUT2D eigenvalue weighted by Gasteiger charge is 2.58. The highest BCUT2D eigenvalue weighted by atomic mass is 35.5. The van der Waals surface area contributed by atoms with Crippen molar-refractivity contribution in [2.24, 2.45) is 0 Å². The van der Waals surface area contributed by atoms with Crippen LogP contribution in [-0.2, 0) is 14.3 Å². The van der Waals surface area contributed by atoms with Crippen LogP contribution in [0.25, 0.3) is 10.9 Å². The maximum atomic E-state index is 14.7. The molecule has 9 heteroatoms. The van der Waals surface area contributed by atoms with Crippen LogP contribution >= 0.6 is 35.0 Å². The average molecular weight is 651 g/mol. The number of hydrogen-bond acceptors (Lipinski definition) is 5. The number of nitrogens with one attached hydrogen (secondary N) is 1. The number of aromatic nitrogens is 1. The van der Waals surface area contributed by atoms with Crippen LogP contribution in [0.5, 0.6) is 0 Å². The first-order valence-corrected chi connectivity index (χ1v) is 16.8. The number of rotatable bonds is 11. The third kappa shape index (κ3) is 6.44. The van der Waals surface area contributed by atoms with Gasteiger partial charge in [-0.25, -0.2) is 0 Å². The van der Waals surface area contributed by atoms with Gasteiger partial charge in [-0.2, -0.15) is 0 Å². The van der Waals surface area contributed by atoms with Crippen molar-refractivity contribution >= 4 is 57.6 Å². The van der Waals surface area contributed by atoms with E-state index in [9.17, 15) is 9.59 Å². The van der Waals surface area contributed by atoms with Crippen LogP contribution in [0, 0.1) is 0 Å². The molecule has 0 unspecified atom stereocenters. The lowest BCUT2D eigenvalue weighted by Gasteiger charge is -2.39. The zero-order valence-corrected chi connectivity index (χ0v) is 27.1. The number of unbranched alkanes of at least 4 members (excludes halogenated alkanes) is 1. The van der Waals surface area contributed by atoms with Crippen LogP contribution in [0.1, 0.15) is 55.8 Å². The summed E-state index contributed by atoms with van der Waals surface area (Å²) in [6.07, 6.45) is 4.18. The minimum absolute atomic E-state index is 0.0362. The fraction of sp³-hybridized carbons (Fsp3) is 0.371. The number of amides is 1. The van der Waals surface area contributed by atoms with E-state index in [-0.39, 0.29) is 24.2 Å². The van der Waals surface area contributed by atoms with Crippen molar-refractivity contribution in [3.05, 3.63) is 100 Å². The average Bonchev–Trinajstić information content (AvgIpc) is 3.57. The van der Waals surface area contributed by atoms with Crippen LogP contribution in [0.3, 0.4) is 0 Å². The molecule has 2 fully saturated rings. The topological polar surface area (TPSA) is 65.6 Å². The number of nitrogens with zero attached hydrogens (tertiary/aromatic N) is 2. The van der Waals surface area contributed by atoms with E-state index in [1.54, 1.807) is 0 Å². The Hall–Kier alpha value is -2.81. The molecule has 1 aromatic heterocycles. The van der Waals surface area contributed by atoms with E-state index >= 15 is 0 Å². The number of Topliss-reactive ketones (excluding diaryl/α,β-unsaturated/α-hetero) is 1. The van der Waals surface area contributed by atoms with Crippen molar-refractivity contribution in [3.63, 3.8) is 0 Å². The van der Waals surface area contributed by atoms with Gasteiger partial charge in [0.05, 0.1) is 31.7 Å². The van der Waals surface area contributed by atoms with Crippen LogP contribution in [-0.4, -0.2) is 64.1 Å². The monoisotopic (exact) mass is 649 g/mol. The molecule has 2 aliphatic rings. The van der Waals surface area contributed by atoms with Crippen LogP contribution in [0.2, 0.25) is 10.0 Å². The predicted octanol–water partition coefficient (Wildman–Crippen LogP) is 8.11. The summed E-state index contributed by atoms with van der Waals surface area (Å²) >= 11 is 14.1. The second-order valence-corrected chi connectivity index (χ2v) is 14.0. The van der Waals surface area contributed by atoms with E-state index in [1.165, 1.54) is 11.8 Å². The van der Waals surface area contributed by atoms with Crippen molar-refractivity contribution in [1.29, 1.82) is 0 Å². The smallest absolute Gasteiger partial charge is 0.225 e. The molecule has 4 aromatic rings. The number of benzene rings is 3. The number of morpholine rings is 1. The number of ether oxygens (including phenoxy) is 1. The molecule has 2 aliphatic heterocycles. The molecule has 0 bridgehead atoms. The number of thioether (sulfide) groups is 1. The number of ketones is 1. The minimum Gasteiger partial charge on any atom is -0.379 e. The van der Waals surface area contributed by atoms with Crippen molar-refractivity contribution in [2.45, 2.75) is 54.3 Å². The Morgan fingerprint density at radius 1 is 1.02 bits per heavy atom. The van der Waals surface area contributed by atoms with E-state index in [0.29, 0.717) is 16.5 Å². The summed E-state index contributed by atoms with van der Waals surface area (Å²) < 4.78 is 4.47. The highest BCUT2D eigenvalue weighted by molar-refractivity contribution is 8.01. The first-order chi connectivity index (χ1) is 21.4. The number of carbonyl (C=O) groups excluding carboxylic acids is 2. The summed E-state index contributed by atoms with van der Waals surface area (Å²) in [6.45, 7) is 6.37. The van der Waals surface area contributed by atoms with Crippen molar-refractivity contribution in [2.75, 3.05) is 32.8 Å². The molecule has 1 amide bonds. The van der Waals surface area contributed by atoms with E-state index in [4.69, 9.17) is 27.9 Å². The minimum atomic E-state index is -1.02. The molecule has 3 heterocycles. The number of likely N-dealkylation sites (tertiary alicyclic amines) is 1. The van der Waals surface area contributed by atoms with E-state index in [2.05, 4.69) is 9.88 Å². The van der Waals surface area contributed by atoms with E-state index in [0.717, 1.165) is 72.6 Å². The fourth-order valence-corrected chi connectivity index (χ4v) is 8.40. The Kier molecular flexibility index (Phi) is 9.69. The lowest BCUT2D eigenvalue weighted by molar-refractivity contribution is -0.131. The standard InChI is InChI=1S/C35H37Cl2N3O3S/c1-24(25-10-12-26(36)13-11-25)40-33(42)22-35(44-28-7-3-2-4-8-28,32(41)9-5-6-16-39-17-19-43-20-18-39)34(40)30-23-38-31-21-27(37)14-15-29(30)31/h2-4,7-8,10-15,21,23-24,34,38H,5-6,9,16-20,22H2,1H3/t24-,34-,35+/m0/s1. The van der Waals surface area contributed by atoms with Crippen LogP contribution in [0.15, 0.2) is 83.9 Å². The SMILES string of the molecule is C[C@@H](c1ccc(Cl)cc1)N1C(=O)C[C@@](Sc2ccccc2)(C(=O)CCCCN2CCOCC2)[C@@H]1c1c[nH]c2cc(Cl)ccc12. The van der Waals surface area contributed by atoms with Crippen molar-refractivity contribution < 1.29 is 14.3 Å². The van der Waals surface area contributed by atoms with Crippen LogP contribution < -0.4 is 0 Å². The van der Waals surface area contributed by atoms with Gasteiger partial charge in [-0.15, -0.1) is 11.8 Å². The number of halogens is 2. The molecule has 3 aromatic carbocycles. The molecule has 3 atom stereocenters. The summed E-state index contributed by atoms with van der Waals surface area (Å²) in [4.78, 5) is 37.7. The zero-order valence-electron chi connectivity index (χ0n) is 24.8. The molecule has 6 rings (SSSR count). The number of hydrogen-bond donors (Lipinski definition) is 1. The molecule has 44 heavy (non-hydrogen) atoms. The number of carbonyl (C=O) groups is 2. The van der Waals surface area contributed by atoms with Gasteiger partial charge in [0.2, 0.25) is 5.91 Å². The Morgan fingerprint density at radius 2 is 1.75 bits per heavy atom. The summed E-state index contributed by atoms with van der Waals surface area (Å²) in [7, 11) is 0. The van der Waals surface area contributed by atoms with Gasteiger partial charge in [0.15, 0.2) is 5.78 Å².